The van der Waals surface area contributed by atoms with Gasteiger partial charge in [-0.15, -0.1) is 11.3 Å². The van der Waals surface area contributed by atoms with Gasteiger partial charge in [0.1, 0.15) is 0 Å². The highest BCUT2D eigenvalue weighted by atomic mass is 79.9. The molecule has 98 valence electrons. The Kier molecular flexibility index (Phi) is 4.01. The SMILES string of the molecule is Cc1cscc1NC(=O)c1cc(Br)cc(C(=O)O)c1. The quantitative estimate of drug-likeness (QED) is 0.894. The zero-order chi connectivity index (χ0) is 14.0. The van der Waals surface area contributed by atoms with Gasteiger partial charge in [-0.3, -0.25) is 4.79 Å². The molecule has 0 aliphatic rings. The second-order valence-electron chi connectivity index (χ2n) is 3.96. The van der Waals surface area contributed by atoms with Crippen LogP contribution in [0.1, 0.15) is 26.3 Å². The minimum atomic E-state index is -1.07. The molecular formula is C13H10BrNO3S. The molecule has 0 saturated carbocycles. The number of aromatic carboxylic acids is 1. The van der Waals surface area contributed by atoms with Crippen LogP contribution in [-0.4, -0.2) is 17.0 Å². The molecule has 2 aromatic rings. The van der Waals surface area contributed by atoms with Crippen LogP contribution in [-0.2, 0) is 0 Å². The number of benzene rings is 1. The summed E-state index contributed by atoms with van der Waals surface area (Å²) in [6, 6.07) is 4.39. The first-order valence-electron chi connectivity index (χ1n) is 5.35. The predicted molar refractivity (Wildman–Crippen MR) is 78.1 cm³/mol. The average molecular weight is 340 g/mol. The highest BCUT2D eigenvalue weighted by Crippen LogP contribution is 2.21. The summed E-state index contributed by atoms with van der Waals surface area (Å²) in [5, 5.41) is 15.5. The van der Waals surface area contributed by atoms with Gasteiger partial charge in [0.2, 0.25) is 0 Å². The van der Waals surface area contributed by atoms with E-state index < -0.39 is 5.97 Å². The number of carbonyl (C=O) groups is 2. The number of aryl methyl sites for hydroxylation is 1. The maximum atomic E-state index is 12.1. The topological polar surface area (TPSA) is 66.4 Å². The molecule has 0 unspecified atom stereocenters. The maximum absolute atomic E-state index is 12.1. The van der Waals surface area contributed by atoms with Crippen molar-refractivity contribution in [2.75, 3.05) is 5.32 Å². The number of amides is 1. The molecule has 1 amide bonds. The van der Waals surface area contributed by atoms with Crippen molar-refractivity contribution < 1.29 is 14.7 Å². The molecule has 0 radical (unpaired) electrons. The highest BCUT2D eigenvalue weighted by molar-refractivity contribution is 9.10. The van der Waals surface area contributed by atoms with Crippen molar-refractivity contribution in [2.24, 2.45) is 0 Å². The van der Waals surface area contributed by atoms with Crippen molar-refractivity contribution >= 4 is 44.8 Å². The second kappa shape index (κ2) is 5.54. The molecule has 2 N–H and O–H groups in total. The van der Waals surface area contributed by atoms with Gasteiger partial charge in [0.15, 0.2) is 0 Å². The van der Waals surface area contributed by atoms with Gasteiger partial charge < -0.3 is 10.4 Å². The van der Waals surface area contributed by atoms with Gasteiger partial charge in [-0.1, -0.05) is 15.9 Å². The van der Waals surface area contributed by atoms with Gasteiger partial charge in [0.05, 0.1) is 11.3 Å². The van der Waals surface area contributed by atoms with E-state index >= 15 is 0 Å². The third kappa shape index (κ3) is 3.21. The smallest absolute Gasteiger partial charge is 0.335 e. The lowest BCUT2D eigenvalue weighted by atomic mass is 10.1. The fourth-order valence-corrected chi connectivity index (χ4v) is 2.80. The molecule has 2 rings (SSSR count). The molecule has 0 aliphatic heterocycles. The Morgan fingerprint density at radius 2 is 1.89 bits per heavy atom. The first kappa shape index (κ1) is 13.8. The van der Waals surface area contributed by atoms with Crippen LogP contribution in [0.2, 0.25) is 0 Å². The number of hydrogen-bond acceptors (Lipinski definition) is 3. The first-order valence-corrected chi connectivity index (χ1v) is 7.09. The molecule has 19 heavy (non-hydrogen) atoms. The largest absolute Gasteiger partial charge is 0.478 e. The third-order valence-corrected chi connectivity index (χ3v) is 3.83. The standard InChI is InChI=1S/C13H10BrNO3S/c1-7-5-19-6-11(7)15-12(16)8-2-9(13(17)18)4-10(14)3-8/h2-6H,1H3,(H,15,16)(H,17,18). The number of halogens is 1. The maximum Gasteiger partial charge on any atom is 0.335 e. The molecule has 0 saturated heterocycles. The zero-order valence-electron chi connectivity index (χ0n) is 9.94. The molecule has 0 aliphatic carbocycles. The number of hydrogen-bond donors (Lipinski definition) is 2. The van der Waals surface area contributed by atoms with E-state index in [2.05, 4.69) is 21.2 Å². The molecule has 4 nitrogen and oxygen atoms in total. The molecule has 6 heteroatoms. The summed E-state index contributed by atoms with van der Waals surface area (Å²) in [6.07, 6.45) is 0. The van der Waals surface area contributed by atoms with Crippen LogP contribution < -0.4 is 5.32 Å². The lowest BCUT2D eigenvalue weighted by Crippen LogP contribution is -2.13. The summed E-state index contributed by atoms with van der Waals surface area (Å²) < 4.78 is 0.555. The normalized spacial score (nSPS) is 10.2. The van der Waals surface area contributed by atoms with E-state index in [9.17, 15) is 9.59 Å². The Labute approximate surface area is 122 Å². The monoisotopic (exact) mass is 339 g/mol. The Bertz CT molecular complexity index is 651. The minimum Gasteiger partial charge on any atom is -0.478 e. The fourth-order valence-electron chi connectivity index (χ4n) is 1.53. The van der Waals surface area contributed by atoms with E-state index in [0.29, 0.717) is 10.0 Å². The Hall–Kier alpha value is -1.66. The van der Waals surface area contributed by atoms with E-state index in [4.69, 9.17) is 5.11 Å². The lowest BCUT2D eigenvalue weighted by Gasteiger charge is -2.06. The fraction of sp³-hybridized carbons (Fsp3) is 0.0769. The number of nitrogens with one attached hydrogen (secondary N) is 1. The van der Waals surface area contributed by atoms with Gasteiger partial charge in [0, 0.05) is 15.4 Å². The van der Waals surface area contributed by atoms with Crippen LogP contribution in [0.15, 0.2) is 33.4 Å². The molecule has 0 atom stereocenters. The number of anilines is 1. The number of carbonyl (C=O) groups excluding carboxylic acids is 1. The minimum absolute atomic E-state index is 0.0709. The summed E-state index contributed by atoms with van der Waals surface area (Å²) >= 11 is 4.70. The summed E-state index contributed by atoms with van der Waals surface area (Å²) in [5.74, 6) is -1.40. The first-order chi connectivity index (χ1) is 8.97. The number of carboxylic acid groups (broad SMARTS) is 1. The van der Waals surface area contributed by atoms with Gasteiger partial charge in [0.25, 0.3) is 5.91 Å². The Morgan fingerprint density at radius 3 is 2.47 bits per heavy atom. The van der Waals surface area contributed by atoms with Gasteiger partial charge in [-0.25, -0.2) is 4.79 Å². The molecule has 0 spiro atoms. The summed E-state index contributed by atoms with van der Waals surface area (Å²) in [4.78, 5) is 23.0. The van der Waals surface area contributed by atoms with Gasteiger partial charge in [-0.2, -0.15) is 0 Å². The number of thiophene rings is 1. The molecule has 1 aromatic heterocycles. The molecule has 0 fully saturated rings. The summed E-state index contributed by atoms with van der Waals surface area (Å²) in [6.45, 7) is 1.90. The second-order valence-corrected chi connectivity index (χ2v) is 5.62. The van der Waals surface area contributed by atoms with Crippen LogP contribution in [0.4, 0.5) is 5.69 Å². The van der Waals surface area contributed by atoms with Crippen LogP contribution in [0.3, 0.4) is 0 Å². The third-order valence-electron chi connectivity index (χ3n) is 2.51. The van der Waals surface area contributed by atoms with Crippen LogP contribution in [0.25, 0.3) is 0 Å². The van der Waals surface area contributed by atoms with Crippen molar-refractivity contribution in [1.29, 1.82) is 0 Å². The number of rotatable bonds is 3. The van der Waals surface area contributed by atoms with Crippen molar-refractivity contribution in [1.82, 2.24) is 0 Å². The Balaban J connectivity index is 2.29. The van der Waals surface area contributed by atoms with Crippen LogP contribution in [0.5, 0.6) is 0 Å². The van der Waals surface area contributed by atoms with E-state index in [0.717, 1.165) is 11.3 Å². The Morgan fingerprint density at radius 1 is 1.21 bits per heavy atom. The summed E-state index contributed by atoms with van der Waals surface area (Å²) in [7, 11) is 0. The van der Waals surface area contributed by atoms with E-state index in [1.54, 1.807) is 6.07 Å². The van der Waals surface area contributed by atoms with E-state index in [1.165, 1.54) is 23.5 Å². The van der Waals surface area contributed by atoms with Gasteiger partial charge >= 0.3 is 5.97 Å². The summed E-state index contributed by atoms with van der Waals surface area (Å²) in [5.41, 5.74) is 2.09. The zero-order valence-corrected chi connectivity index (χ0v) is 12.3. The van der Waals surface area contributed by atoms with Crippen LogP contribution in [0, 0.1) is 6.92 Å². The van der Waals surface area contributed by atoms with Crippen molar-refractivity contribution in [2.45, 2.75) is 6.92 Å². The lowest BCUT2D eigenvalue weighted by molar-refractivity contribution is 0.0697. The molecule has 1 heterocycles. The van der Waals surface area contributed by atoms with Crippen molar-refractivity contribution in [3.63, 3.8) is 0 Å². The van der Waals surface area contributed by atoms with Crippen LogP contribution >= 0.6 is 27.3 Å². The number of carboxylic acids is 1. The van der Waals surface area contributed by atoms with E-state index in [1.807, 2.05) is 17.7 Å². The molecular weight excluding hydrogens is 330 g/mol. The van der Waals surface area contributed by atoms with Crippen molar-refractivity contribution in [3.05, 3.63) is 50.1 Å². The molecule has 1 aromatic carbocycles. The van der Waals surface area contributed by atoms with Gasteiger partial charge in [-0.05, 0) is 36.1 Å². The molecule has 0 bridgehead atoms. The average Bonchev–Trinajstić information content (AvgIpc) is 2.74. The highest BCUT2D eigenvalue weighted by Gasteiger charge is 2.12. The van der Waals surface area contributed by atoms with Crippen molar-refractivity contribution in [3.8, 4) is 0 Å². The predicted octanol–water partition coefficient (Wildman–Crippen LogP) is 3.77. The van der Waals surface area contributed by atoms with E-state index in [-0.39, 0.29) is 11.5 Å².